The minimum atomic E-state index is -0.219. The number of amides is 2. The molecule has 1 fully saturated rings. The van der Waals surface area contributed by atoms with Crippen molar-refractivity contribution in [1.82, 2.24) is 10.2 Å². The summed E-state index contributed by atoms with van der Waals surface area (Å²) in [6, 6.07) is 15.3. The first kappa shape index (κ1) is 19.0. The number of likely N-dealkylation sites (tertiary alicyclic amines) is 1. The smallest absolute Gasteiger partial charge is 0.251 e. The fraction of sp³-hybridized carbons (Fsp3) is 0.364. The van der Waals surface area contributed by atoms with Gasteiger partial charge < -0.3 is 15.0 Å². The predicted octanol–water partition coefficient (Wildman–Crippen LogP) is 3.49. The zero-order chi connectivity index (χ0) is 19.2. The van der Waals surface area contributed by atoms with Crippen LogP contribution in [0.2, 0.25) is 0 Å². The Balaban J connectivity index is 1.60. The van der Waals surface area contributed by atoms with E-state index in [1.807, 2.05) is 61.2 Å². The van der Waals surface area contributed by atoms with Gasteiger partial charge in [-0.25, -0.2) is 0 Å². The Bertz CT molecular complexity index is 801. The minimum Gasteiger partial charge on any atom is -0.494 e. The van der Waals surface area contributed by atoms with Crippen molar-refractivity contribution in [3.63, 3.8) is 0 Å². The molecule has 2 aromatic carbocycles. The molecule has 5 heteroatoms. The molecule has 1 N–H and O–H groups in total. The van der Waals surface area contributed by atoms with Crippen LogP contribution >= 0.6 is 0 Å². The van der Waals surface area contributed by atoms with Crippen molar-refractivity contribution < 1.29 is 14.3 Å². The van der Waals surface area contributed by atoms with E-state index in [-0.39, 0.29) is 24.4 Å². The van der Waals surface area contributed by atoms with E-state index in [1.165, 1.54) is 0 Å². The lowest BCUT2D eigenvalue weighted by atomic mass is 10.0. The first-order valence-electron chi connectivity index (χ1n) is 9.45. The quantitative estimate of drug-likeness (QED) is 0.851. The molecule has 1 atom stereocenters. The number of aryl methyl sites for hydroxylation is 1. The number of ether oxygens (including phenoxy) is 1. The Hall–Kier alpha value is -2.82. The maximum absolute atomic E-state index is 12.7. The molecule has 0 aromatic heterocycles. The Kier molecular flexibility index (Phi) is 6.12. The van der Waals surface area contributed by atoms with Gasteiger partial charge in [0.25, 0.3) is 5.91 Å². The van der Waals surface area contributed by atoms with Crippen LogP contribution in [0.5, 0.6) is 5.75 Å². The first-order valence-corrected chi connectivity index (χ1v) is 9.45. The summed E-state index contributed by atoms with van der Waals surface area (Å²) >= 11 is 0. The monoisotopic (exact) mass is 366 g/mol. The van der Waals surface area contributed by atoms with Crippen molar-refractivity contribution in [2.24, 2.45) is 0 Å². The Morgan fingerprint density at radius 1 is 1.19 bits per heavy atom. The van der Waals surface area contributed by atoms with Gasteiger partial charge in [-0.1, -0.05) is 29.8 Å². The van der Waals surface area contributed by atoms with Gasteiger partial charge in [-0.2, -0.15) is 0 Å². The molecule has 3 rings (SSSR count). The molecule has 142 valence electrons. The molecule has 1 unspecified atom stereocenters. The van der Waals surface area contributed by atoms with Gasteiger partial charge in [0, 0.05) is 12.1 Å². The zero-order valence-electron chi connectivity index (χ0n) is 15.9. The lowest BCUT2D eigenvalue weighted by molar-refractivity contribution is -0.131. The third-order valence-electron chi connectivity index (χ3n) is 4.83. The summed E-state index contributed by atoms with van der Waals surface area (Å²) in [5.41, 5.74) is 2.70. The average molecular weight is 366 g/mol. The van der Waals surface area contributed by atoms with E-state index >= 15 is 0 Å². The Morgan fingerprint density at radius 2 is 1.96 bits per heavy atom. The van der Waals surface area contributed by atoms with Crippen LogP contribution < -0.4 is 10.1 Å². The number of carbonyl (C=O) groups excluding carboxylic acids is 2. The summed E-state index contributed by atoms with van der Waals surface area (Å²) in [4.78, 5) is 26.8. The van der Waals surface area contributed by atoms with E-state index in [4.69, 9.17) is 4.74 Å². The summed E-state index contributed by atoms with van der Waals surface area (Å²) < 4.78 is 5.49. The fourth-order valence-electron chi connectivity index (χ4n) is 3.51. The molecule has 0 radical (unpaired) electrons. The minimum absolute atomic E-state index is 0.0142. The highest BCUT2D eigenvalue weighted by Crippen LogP contribution is 2.32. The molecule has 1 heterocycles. The number of carbonyl (C=O) groups is 2. The number of benzene rings is 2. The topological polar surface area (TPSA) is 58.6 Å². The molecular formula is C22H26N2O3. The number of nitrogens with one attached hydrogen (secondary N) is 1. The largest absolute Gasteiger partial charge is 0.494 e. The second-order valence-corrected chi connectivity index (χ2v) is 6.80. The van der Waals surface area contributed by atoms with Crippen LogP contribution in [0.25, 0.3) is 0 Å². The SMILES string of the molecule is CCOc1ccc(C2CCCN2C(=O)CNC(=O)c2cccc(C)c2)cc1. The van der Waals surface area contributed by atoms with Crippen molar-refractivity contribution >= 4 is 11.8 Å². The molecular weight excluding hydrogens is 340 g/mol. The highest BCUT2D eigenvalue weighted by molar-refractivity contribution is 5.96. The van der Waals surface area contributed by atoms with Crippen LogP contribution in [-0.4, -0.2) is 36.4 Å². The van der Waals surface area contributed by atoms with E-state index in [2.05, 4.69) is 5.32 Å². The second-order valence-electron chi connectivity index (χ2n) is 6.80. The molecule has 1 aliphatic heterocycles. The number of nitrogens with zero attached hydrogens (tertiary/aromatic N) is 1. The van der Waals surface area contributed by atoms with Gasteiger partial charge in [0.15, 0.2) is 0 Å². The maximum atomic E-state index is 12.7. The summed E-state index contributed by atoms with van der Waals surface area (Å²) in [5, 5.41) is 2.75. The number of hydrogen-bond acceptors (Lipinski definition) is 3. The summed E-state index contributed by atoms with van der Waals surface area (Å²) in [6.45, 7) is 5.26. The molecule has 2 amide bonds. The van der Waals surface area contributed by atoms with E-state index in [9.17, 15) is 9.59 Å². The van der Waals surface area contributed by atoms with E-state index in [0.29, 0.717) is 12.2 Å². The number of rotatable bonds is 6. The van der Waals surface area contributed by atoms with Crippen molar-refractivity contribution in [2.75, 3.05) is 19.7 Å². The molecule has 27 heavy (non-hydrogen) atoms. The van der Waals surface area contributed by atoms with Gasteiger partial charge in [-0.3, -0.25) is 9.59 Å². The second kappa shape index (κ2) is 8.71. The van der Waals surface area contributed by atoms with E-state index in [1.54, 1.807) is 6.07 Å². The average Bonchev–Trinajstić information content (AvgIpc) is 3.16. The lowest BCUT2D eigenvalue weighted by Gasteiger charge is -2.25. The Labute approximate surface area is 160 Å². The van der Waals surface area contributed by atoms with Gasteiger partial charge >= 0.3 is 0 Å². The summed E-state index contributed by atoms with van der Waals surface area (Å²) in [5.74, 6) is 0.568. The molecule has 5 nitrogen and oxygen atoms in total. The standard InChI is InChI=1S/C22H26N2O3/c1-3-27-19-11-9-17(10-12-19)20-8-5-13-24(20)21(25)15-23-22(26)18-7-4-6-16(2)14-18/h4,6-7,9-12,14,20H,3,5,8,13,15H2,1-2H3,(H,23,26). The lowest BCUT2D eigenvalue weighted by Crippen LogP contribution is -2.39. The normalized spacial score (nSPS) is 16.2. The fourth-order valence-corrected chi connectivity index (χ4v) is 3.51. The third-order valence-corrected chi connectivity index (χ3v) is 4.83. The van der Waals surface area contributed by atoms with Crippen LogP contribution in [0.3, 0.4) is 0 Å². The Morgan fingerprint density at radius 3 is 2.67 bits per heavy atom. The van der Waals surface area contributed by atoms with Crippen LogP contribution in [0.15, 0.2) is 48.5 Å². The highest BCUT2D eigenvalue weighted by Gasteiger charge is 2.29. The van der Waals surface area contributed by atoms with Gasteiger partial charge in [0.1, 0.15) is 5.75 Å². The van der Waals surface area contributed by atoms with Gasteiger partial charge in [-0.15, -0.1) is 0 Å². The van der Waals surface area contributed by atoms with Crippen molar-refractivity contribution in [2.45, 2.75) is 32.7 Å². The van der Waals surface area contributed by atoms with Crippen LogP contribution in [0.1, 0.15) is 47.3 Å². The predicted molar refractivity (Wildman–Crippen MR) is 105 cm³/mol. The van der Waals surface area contributed by atoms with Gasteiger partial charge in [-0.05, 0) is 56.5 Å². The molecule has 1 aliphatic rings. The molecule has 1 saturated heterocycles. The zero-order valence-corrected chi connectivity index (χ0v) is 15.9. The van der Waals surface area contributed by atoms with Gasteiger partial charge in [0.05, 0.1) is 19.2 Å². The molecule has 0 saturated carbocycles. The molecule has 2 aromatic rings. The van der Waals surface area contributed by atoms with Crippen LogP contribution in [0, 0.1) is 6.92 Å². The van der Waals surface area contributed by atoms with Crippen molar-refractivity contribution in [3.05, 3.63) is 65.2 Å². The van der Waals surface area contributed by atoms with Crippen molar-refractivity contribution in [1.29, 1.82) is 0 Å². The molecule has 0 aliphatic carbocycles. The third kappa shape index (κ3) is 4.67. The van der Waals surface area contributed by atoms with Gasteiger partial charge in [0.2, 0.25) is 5.91 Å². The molecule has 0 bridgehead atoms. The molecule has 0 spiro atoms. The summed E-state index contributed by atoms with van der Waals surface area (Å²) in [6.07, 6.45) is 1.90. The van der Waals surface area contributed by atoms with E-state index < -0.39 is 0 Å². The van der Waals surface area contributed by atoms with Crippen LogP contribution in [0.4, 0.5) is 0 Å². The number of hydrogen-bond donors (Lipinski definition) is 1. The first-order chi connectivity index (χ1) is 13.1. The van der Waals surface area contributed by atoms with Crippen molar-refractivity contribution in [3.8, 4) is 5.75 Å². The highest BCUT2D eigenvalue weighted by atomic mass is 16.5. The summed E-state index contributed by atoms with van der Waals surface area (Å²) in [7, 11) is 0. The van der Waals surface area contributed by atoms with E-state index in [0.717, 1.165) is 36.3 Å². The maximum Gasteiger partial charge on any atom is 0.251 e. The van der Waals surface area contributed by atoms with Crippen LogP contribution in [-0.2, 0) is 4.79 Å².